The monoisotopic (exact) mass is 340 g/mol. The first-order chi connectivity index (χ1) is 11.0. The van der Waals surface area contributed by atoms with E-state index in [1.165, 1.54) is 6.07 Å². The summed E-state index contributed by atoms with van der Waals surface area (Å²) >= 11 is 0. The van der Waals surface area contributed by atoms with Gasteiger partial charge >= 0.3 is 6.09 Å². The largest absolute Gasteiger partial charge is 0.444 e. The second kappa shape index (κ2) is 7.84. The zero-order valence-electron chi connectivity index (χ0n) is 13.6. The van der Waals surface area contributed by atoms with Gasteiger partial charge < -0.3 is 20.3 Å². The number of ether oxygens (including phenoxy) is 1. The number of nitrogens with one attached hydrogen (secondary N) is 1. The van der Waals surface area contributed by atoms with Crippen LogP contribution in [0.3, 0.4) is 0 Å². The Morgan fingerprint density at radius 2 is 2.04 bits per heavy atom. The van der Waals surface area contributed by atoms with Crippen LogP contribution in [0.15, 0.2) is 18.2 Å². The normalized spacial score (nSPS) is 13.7. The van der Waals surface area contributed by atoms with Crippen LogP contribution in [0.1, 0.15) is 42.8 Å². The number of nitrogens with zero attached hydrogens (tertiary/aromatic N) is 1. The number of nitro groups is 1. The third-order valence-corrected chi connectivity index (χ3v) is 2.94. The molecule has 9 heteroatoms. The topological polar surface area (TPSA) is 139 Å². The van der Waals surface area contributed by atoms with E-state index >= 15 is 0 Å². The summed E-state index contributed by atoms with van der Waals surface area (Å²) in [5.41, 5.74) is -1.21. The second-order valence-electron chi connectivity index (χ2n) is 6.09. The lowest BCUT2D eigenvalue weighted by atomic mass is 10.0. The van der Waals surface area contributed by atoms with Crippen molar-refractivity contribution in [3.63, 3.8) is 0 Å². The zero-order chi connectivity index (χ0) is 18.5. The van der Waals surface area contributed by atoms with E-state index in [4.69, 9.17) is 4.74 Å². The Labute approximate surface area is 138 Å². The minimum absolute atomic E-state index is 0.112. The first-order valence-electron chi connectivity index (χ1n) is 7.11. The molecule has 1 aromatic rings. The molecule has 1 amide bonds. The van der Waals surface area contributed by atoms with Crippen LogP contribution in [0.4, 0.5) is 10.5 Å². The highest BCUT2D eigenvalue weighted by Crippen LogP contribution is 2.24. The molecule has 1 rings (SSSR count). The smallest absolute Gasteiger partial charge is 0.407 e. The third kappa shape index (κ3) is 5.60. The number of nitro benzene ring substituents is 1. The number of rotatable bonds is 6. The van der Waals surface area contributed by atoms with E-state index < -0.39 is 34.5 Å². The van der Waals surface area contributed by atoms with Gasteiger partial charge in [-0.25, -0.2) is 4.79 Å². The van der Waals surface area contributed by atoms with E-state index in [1.807, 2.05) is 0 Å². The van der Waals surface area contributed by atoms with Crippen molar-refractivity contribution in [3.8, 4) is 0 Å². The third-order valence-electron chi connectivity index (χ3n) is 2.94. The van der Waals surface area contributed by atoms with Gasteiger partial charge in [0.2, 0.25) is 0 Å². The Bertz CT molecular complexity index is 625. The molecule has 132 valence electrons. The Balaban J connectivity index is 2.75. The van der Waals surface area contributed by atoms with Crippen molar-refractivity contribution in [2.75, 3.05) is 6.54 Å². The maximum absolute atomic E-state index is 11.5. The lowest BCUT2D eigenvalue weighted by Gasteiger charge is -2.22. The molecule has 0 bridgehead atoms. The maximum Gasteiger partial charge on any atom is 0.407 e. The number of benzene rings is 1. The van der Waals surface area contributed by atoms with Crippen molar-refractivity contribution in [1.82, 2.24) is 5.32 Å². The average molecular weight is 340 g/mol. The zero-order valence-corrected chi connectivity index (χ0v) is 13.6. The van der Waals surface area contributed by atoms with Crippen LogP contribution < -0.4 is 5.32 Å². The van der Waals surface area contributed by atoms with Gasteiger partial charge in [0.1, 0.15) is 17.8 Å². The van der Waals surface area contributed by atoms with Crippen LogP contribution in [0.2, 0.25) is 0 Å². The summed E-state index contributed by atoms with van der Waals surface area (Å²) in [5.74, 6) is 0. The van der Waals surface area contributed by atoms with Gasteiger partial charge in [-0.2, -0.15) is 0 Å². The Morgan fingerprint density at radius 1 is 1.42 bits per heavy atom. The number of aliphatic hydroxyl groups is 2. The molecule has 0 saturated carbocycles. The van der Waals surface area contributed by atoms with Gasteiger partial charge in [0.15, 0.2) is 6.29 Å². The van der Waals surface area contributed by atoms with E-state index in [-0.39, 0.29) is 17.7 Å². The van der Waals surface area contributed by atoms with Crippen molar-refractivity contribution >= 4 is 18.1 Å². The van der Waals surface area contributed by atoms with Crippen LogP contribution in [0, 0.1) is 10.1 Å². The molecule has 0 aliphatic rings. The summed E-state index contributed by atoms with van der Waals surface area (Å²) in [6.45, 7) is 4.73. The molecule has 1 aromatic carbocycles. The van der Waals surface area contributed by atoms with Gasteiger partial charge in [-0.1, -0.05) is 0 Å². The molecule has 0 aliphatic carbocycles. The highest BCUT2D eigenvalue weighted by Gasteiger charge is 2.23. The summed E-state index contributed by atoms with van der Waals surface area (Å²) in [6, 6.07) is 3.41. The minimum atomic E-state index is -1.44. The number of aldehydes is 1. The fraction of sp³-hybridized carbons (Fsp3) is 0.467. The number of carbonyl (C=O) groups is 2. The van der Waals surface area contributed by atoms with E-state index in [9.17, 15) is 29.9 Å². The molecule has 3 N–H and O–H groups in total. The molecule has 24 heavy (non-hydrogen) atoms. The van der Waals surface area contributed by atoms with E-state index in [2.05, 4.69) is 5.32 Å². The van der Waals surface area contributed by atoms with Gasteiger partial charge in [-0.05, 0) is 38.5 Å². The molecule has 0 fully saturated rings. The number of hydrogen-bond donors (Lipinski definition) is 3. The first kappa shape index (κ1) is 19.5. The van der Waals surface area contributed by atoms with Gasteiger partial charge in [0.25, 0.3) is 5.69 Å². The number of hydrogen-bond acceptors (Lipinski definition) is 7. The van der Waals surface area contributed by atoms with Crippen molar-refractivity contribution in [1.29, 1.82) is 0 Å². The lowest BCUT2D eigenvalue weighted by Crippen LogP contribution is -2.38. The quantitative estimate of drug-likeness (QED) is 0.403. The summed E-state index contributed by atoms with van der Waals surface area (Å²) in [6.07, 6.45) is -3.30. The van der Waals surface area contributed by atoms with E-state index in [0.717, 1.165) is 12.1 Å². The highest BCUT2D eigenvalue weighted by molar-refractivity contribution is 5.81. The predicted octanol–water partition coefficient (Wildman–Crippen LogP) is 1.33. The molecule has 2 unspecified atom stereocenters. The molecule has 9 nitrogen and oxygen atoms in total. The standard InChI is InChI=1S/C15H20N2O7/c1-15(2,3)24-14(21)16-7-12(19)13(20)9-4-5-11(17(22)23)10(6-9)8-18/h4-6,8,12-13,19-20H,7H2,1-3H3,(H,16,21). The van der Waals surface area contributed by atoms with Crippen LogP contribution >= 0.6 is 0 Å². The van der Waals surface area contributed by atoms with Crippen LogP contribution in [0.25, 0.3) is 0 Å². The van der Waals surface area contributed by atoms with Crippen LogP contribution in [0.5, 0.6) is 0 Å². The molecule has 0 spiro atoms. The lowest BCUT2D eigenvalue weighted by molar-refractivity contribution is -0.385. The fourth-order valence-electron chi connectivity index (χ4n) is 1.85. The minimum Gasteiger partial charge on any atom is -0.444 e. The number of aliphatic hydroxyl groups excluding tert-OH is 2. The van der Waals surface area contributed by atoms with Gasteiger partial charge in [-0.15, -0.1) is 0 Å². The number of carbonyl (C=O) groups excluding carboxylic acids is 2. The molecule has 0 heterocycles. The number of alkyl carbamates (subject to hydrolysis) is 1. The average Bonchev–Trinajstić information content (AvgIpc) is 2.49. The fourth-order valence-corrected chi connectivity index (χ4v) is 1.85. The summed E-state index contributed by atoms with van der Waals surface area (Å²) in [5, 5.41) is 33.0. The first-order valence-corrected chi connectivity index (χ1v) is 7.11. The van der Waals surface area contributed by atoms with Crippen molar-refractivity contribution < 1.29 is 29.5 Å². The van der Waals surface area contributed by atoms with Gasteiger partial charge in [0, 0.05) is 12.6 Å². The Hall–Kier alpha value is -2.52. The SMILES string of the molecule is CC(C)(C)OC(=O)NCC(O)C(O)c1ccc([N+](=O)[O-])c(C=O)c1. The van der Waals surface area contributed by atoms with Gasteiger partial charge in [0.05, 0.1) is 10.5 Å². The molecular weight excluding hydrogens is 320 g/mol. The van der Waals surface area contributed by atoms with E-state index in [0.29, 0.717) is 6.29 Å². The molecule has 2 atom stereocenters. The predicted molar refractivity (Wildman–Crippen MR) is 83.7 cm³/mol. The highest BCUT2D eigenvalue weighted by atomic mass is 16.6. The molecular formula is C15H20N2O7. The Kier molecular flexibility index (Phi) is 6.38. The van der Waals surface area contributed by atoms with E-state index in [1.54, 1.807) is 20.8 Å². The Morgan fingerprint density at radius 3 is 2.54 bits per heavy atom. The molecule has 0 aliphatic heterocycles. The van der Waals surface area contributed by atoms with Crippen molar-refractivity contribution in [2.45, 2.75) is 38.6 Å². The maximum atomic E-state index is 11.5. The summed E-state index contributed by atoms with van der Waals surface area (Å²) < 4.78 is 4.99. The summed E-state index contributed by atoms with van der Waals surface area (Å²) in [4.78, 5) is 32.4. The molecule has 0 radical (unpaired) electrons. The van der Waals surface area contributed by atoms with Crippen molar-refractivity contribution in [3.05, 3.63) is 39.4 Å². The molecule has 0 aromatic heterocycles. The number of amides is 1. The van der Waals surface area contributed by atoms with Crippen molar-refractivity contribution in [2.24, 2.45) is 0 Å². The van der Waals surface area contributed by atoms with Crippen LogP contribution in [-0.4, -0.2) is 45.8 Å². The van der Waals surface area contributed by atoms with Gasteiger partial charge in [-0.3, -0.25) is 14.9 Å². The summed E-state index contributed by atoms with van der Waals surface area (Å²) in [7, 11) is 0. The van der Waals surface area contributed by atoms with Crippen LogP contribution in [-0.2, 0) is 4.74 Å². The second-order valence-corrected chi connectivity index (χ2v) is 6.09. The molecule has 0 saturated heterocycles.